The van der Waals surface area contributed by atoms with E-state index in [9.17, 15) is 0 Å². The van der Waals surface area contributed by atoms with Crippen LogP contribution in [0.2, 0.25) is 0 Å². The summed E-state index contributed by atoms with van der Waals surface area (Å²) in [5.41, 5.74) is 0. The maximum Gasteiger partial charge on any atom is 0.218 e. The molecule has 1 aromatic heterocycles. The molecule has 0 aliphatic rings. The Labute approximate surface area is 45.5 Å². The van der Waals surface area contributed by atoms with Crippen LogP contribution < -0.4 is 0 Å². The molecule has 0 atom stereocenters. The molecule has 0 bridgehead atoms. The van der Waals surface area contributed by atoms with Crippen molar-refractivity contribution in [2.24, 2.45) is 0 Å². The van der Waals surface area contributed by atoms with Gasteiger partial charge in [-0.2, -0.15) is 9.97 Å². The van der Waals surface area contributed by atoms with Crippen LogP contribution in [-0.4, -0.2) is 20.2 Å². The molecule has 1 heterocycles. The van der Waals surface area contributed by atoms with Crippen molar-refractivity contribution in [3.63, 3.8) is 0 Å². The van der Waals surface area contributed by atoms with Crippen LogP contribution in [0.15, 0.2) is 6.07 Å². The maximum atomic E-state index is 8.47. The minimum Gasteiger partial charge on any atom is -0.493 e. The Morgan fingerprint density at radius 2 is 1.75 bits per heavy atom. The first-order valence-corrected chi connectivity index (χ1v) is 1.92. The van der Waals surface area contributed by atoms with Gasteiger partial charge in [0.15, 0.2) is 0 Å². The highest BCUT2D eigenvalue weighted by molar-refractivity contribution is 5.14. The summed E-state index contributed by atoms with van der Waals surface area (Å²) in [6.07, 6.45) is 2.03. The number of hydrogen-bond acceptors (Lipinski definition) is 4. The summed E-state index contributed by atoms with van der Waals surface area (Å²) in [7, 11) is 0. The third kappa shape index (κ3) is 0.841. The fraction of sp³-hybridized carbons (Fsp3) is 0. The first kappa shape index (κ1) is 4.83. The number of rotatable bonds is 0. The topological polar surface area (TPSA) is 66.2 Å². The molecule has 0 saturated carbocycles. The number of hydrogen-bond donors (Lipinski definition) is 2. The van der Waals surface area contributed by atoms with Gasteiger partial charge in [-0.05, 0) is 0 Å². The number of aromatic hydroxyl groups is 2. The summed E-state index contributed by atoms with van der Waals surface area (Å²) in [5.74, 6) is -0.560. The van der Waals surface area contributed by atoms with Gasteiger partial charge >= 0.3 is 0 Å². The molecule has 0 aliphatic heterocycles. The van der Waals surface area contributed by atoms with E-state index >= 15 is 0 Å². The normalized spacial score (nSPS) is 9.00. The summed E-state index contributed by atoms with van der Waals surface area (Å²) in [6.45, 7) is 0. The molecule has 4 heteroatoms. The Hall–Kier alpha value is -1.32. The van der Waals surface area contributed by atoms with Gasteiger partial charge in [-0.25, -0.2) is 0 Å². The van der Waals surface area contributed by atoms with Gasteiger partial charge < -0.3 is 10.2 Å². The van der Waals surface area contributed by atoms with Crippen LogP contribution in [0.4, 0.5) is 0 Å². The van der Waals surface area contributed by atoms with Gasteiger partial charge in [0.05, 0.1) is 6.07 Å². The van der Waals surface area contributed by atoms with Gasteiger partial charge in [-0.1, -0.05) is 0 Å². The summed E-state index contributed by atoms with van der Waals surface area (Å²) in [4.78, 5) is 6.40. The predicted molar refractivity (Wildman–Crippen MR) is 24.2 cm³/mol. The quantitative estimate of drug-likeness (QED) is 0.481. The Kier molecular flexibility index (Phi) is 0.997. The van der Waals surface area contributed by atoms with Crippen molar-refractivity contribution in [2.45, 2.75) is 0 Å². The van der Waals surface area contributed by atoms with Crippen LogP contribution >= 0.6 is 0 Å². The van der Waals surface area contributed by atoms with Crippen molar-refractivity contribution in [1.82, 2.24) is 9.97 Å². The lowest BCUT2D eigenvalue weighted by molar-refractivity contribution is 0.420. The van der Waals surface area contributed by atoms with E-state index in [1.165, 1.54) is 0 Å². The first-order chi connectivity index (χ1) is 3.79. The van der Waals surface area contributed by atoms with Crippen LogP contribution in [0.3, 0.4) is 0 Å². The van der Waals surface area contributed by atoms with Gasteiger partial charge in [0, 0.05) is 0 Å². The average Bonchev–Trinajstić information content (AvgIpc) is 1.64. The molecule has 1 radical (unpaired) electrons. The monoisotopic (exact) mass is 111 g/mol. The molecule has 0 spiro atoms. The Bertz CT molecular complexity index is 172. The molecule has 1 aromatic rings. The van der Waals surface area contributed by atoms with Crippen molar-refractivity contribution in [3.8, 4) is 11.8 Å². The fourth-order valence-electron chi connectivity index (χ4n) is 0.307. The highest BCUT2D eigenvalue weighted by atomic mass is 16.3. The highest BCUT2D eigenvalue weighted by Gasteiger charge is 1.89. The van der Waals surface area contributed by atoms with Gasteiger partial charge in [-0.15, -0.1) is 0 Å². The predicted octanol–water partition coefficient (Wildman–Crippen LogP) is -0.312. The van der Waals surface area contributed by atoms with E-state index in [2.05, 4.69) is 9.97 Å². The Morgan fingerprint density at radius 1 is 1.25 bits per heavy atom. The third-order valence-corrected chi connectivity index (χ3v) is 0.587. The van der Waals surface area contributed by atoms with E-state index in [1.807, 2.05) is 6.33 Å². The molecular weight excluding hydrogens is 108 g/mol. The summed E-state index contributed by atoms with van der Waals surface area (Å²) < 4.78 is 0. The van der Waals surface area contributed by atoms with Gasteiger partial charge in [0.2, 0.25) is 18.1 Å². The van der Waals surface area contributed by atoms with Gasteiger partial charge in [0.1, 0.15) is 0 Å². The summed E-state index contributed by atoms with van der Waals surface area (Å²) >= 11 is 0. The van der Waals surface area contributed by atoms with E-state index in [1.54, 1.807) is 0 Å². The van der Waals surface area contributed by atoms with Crippen LogP contribution in [-0.2, 0) is 0 Å². The summed E-state index contributed by atoms with van der Waals surface area (Å²) in [5, 5.41) is 16.9. The van der Waals surface area contributed by atoms with E-state index in [-0.39, 0.29) is 11.8 Å². The zero-order valence-corrected chi connectivity index (χ0v) is 3.87. The van der Waals surface area contributed by atoms with E-state index in [4.69, 9.17) is 10.2 Å². The van der Waals surface area contributed by atoms with Crippen molar-refractivity contribution in [1.29, 1.82) is 0 Å². The summed E-state index contributed by atoms with van der Waals surface area (Å²) in [6, 6.07) is 1.02. The second-order valence-corrected chi connectivity index (χ2v) is 1.18. The van der Waals surface area contributed by atoms with Crippen molar-refractivity contribution >= 4 is 0 Å². The van der Waals surface area contributed by atoms with E-state index in [0.717, 1.165) is 6.07 Å². The molecule has 41 valence electrons. The van der Waals surface area contributed by atoms with Crippen molar-refractivity contribution in [2.75, 3.05) is 0 Å². The smallest absolute Gasteiger partial charge is 0.218 e. The van der Waals surface area contributed by atoms with E-state index < -0.39 is 0 Å². The van der Waals surface area contributed by atoms with Crippen LogP contribution in [0.1, 0.15) is 0 Å². The van der Waals surface area contributed by atoms with Crippen LogP contribution in [0.25, 0.3) is 0 Å². The Morgan fingerprint density at radius 3 is 2.00 bits per heavy atom. The number of nitrogens with zero attached hydrogens (tertiary/aromatic N) is 2. The lowest BCUT2D eigenvalue weighted by Gasteiger charge is -1.86. The van der Waals surface area contributed by atoms with E-state index in [0.29, 0.717) is 0 Å². The molecule has 2 N–H and O–H groups in total. The standard InChI is InChI=1S/C4H3N2O2/c7-3-1-4(8)6-2-5-3/h1H,(H2,5,6,7,8). The number of aromatic nitrogens is 2. The molecule has 0 saturated heterocycles. The van der Waals surface area contributed by atoms with Crippen molar-refractivity contribution < 1.29 is 10.2 Å². The lowest BCUT2D eigenvalue weighted by Crippen LogP contribution is -1.76. The maximum absolute atomic E-state index is 8.47. The Balaban J connectivity index is 3.08. The third-order valence-electron chi connectivity index (χ3n) is 0.587. The molecular formula is C4H3N2O2. The van der Waals surface area contributed by atoms with Crippen molar-refractivity contribution in [3.05, 3.63) is 12.4 Å². The fourth-order valence-corrected chi connectivity index (χ4v) is 0.307. The zero-order valence-electron chi connectivity index (χ0n) is 3.87. The zero-order chi connectivity index (χ0) is 5.98. The second kappa shape index (κ2) is 1.65. The van der Waals surface area contributed by atoms with Crippen LogP contribution in [0.5, 0.6) is 11.8 Å². The molecule has 0 aromatic carbocycles. The SMILES string of the molecule is Oc1cc(O)n[c]n1. The van der Waals surface area contributed by atoms with Crippen LogP contribution in [0, 0.1) is 6.33 Å². The lowest BCUT2D eigenvalue weighted by atomic mass is 10.6. The van der Waals surface area contributed by atoms with Gasteiger partial charge in [-0.3, -0.25) is 0 Å². The molecule has 0 aliphatic carbocycles. The average molecular weight is 111 g/mol. The molecule has 0 unspecified atom stereocenters. The minimum atomic E-state index is -0.280. The largest absolute Gasteiger partial charge is 0.493 e. The highest BCUT2D eigenvalue weighted by Crippen LogP contribution is 2.06. The molecule has 0 amide bonds. The molecule has 0 fully saturated rings. The molecule has 4 nitrogen and oxygen atoms in total. The first-order valence-electron chi connectivity index (χ1n) is 1.92. The van der Waals surface area contributed by atoms with Gasteiger partial charge in [0.25, 0.3) is 0 Å². The second-order valence-electron chi connectivity index (χ2n) is 1.18. The molecule has 8 heavy (non-hydrogen) atoms. The molecule has 1 rings (SSSR count). The minimum absolute atomic E-state index is 0.280.